The number of fused-ring (bicyclic) bond motifs is 1. The number of anilines is 1. The quantitative estimate of drug-likeness (QED) is 0.817. The zero-order valence-corrected chi connectivity index (χ0v) is 14.9. The first-order chi connectivity index (χ1) is 12.0. The van der Waals surface area contributed by atoms with Crippen LogP contribution in [0.15, 0.2) is 24.3 Å². The van der Waals surface area contributed by atoms with Crippen LogP contribution >= 0.6 is 0 Å². The van der Waals surface area contributed by atoms with E-state index >= 15 is 0 Å². The standard InChI is InChI=1S/C19H25N3O3/c1-14-18(24)21(15-5-3-4-6-16(15)25-14)13-17(23)22-12-9-19(22)7-10-20(2)11-8-19/h3-6,14H,7-13H2,1-2H3. The summed E-state index contributed by atoms with van der Waals surface area (Å²) in [6.07, 6.45) is 2.58. The van der Waals surface area contributed by atoms with Gasteiger partial charge in [0, 0.05) is 25.2 Å². The van der Waals surface area contributed by atoms with Gasteiger partial charge < -0.3 is 14.5 Å². The summed E-state index contributed by atoms with van der Waals surface area (Å²) in [7, 11) is 2.13. The fourth-order valence-corrected chi connectivity index (χ4v) is 4.23. The predicted molar refractivity (Wildman–Crippen MR) is 94.7 cm³/mol. The zero-order chi connectivity index (χ0) is 17.6. The van der Waals surface area contributed by atoms with Gasteiger partial charge in [-0.25, -0.2) is 0 Å². The lowest BCUT2D eigenvalue weighted by molar-refractivity contribution is -0.151. The Hall–Kier alpha value is -2.08. The average Bonchev–Trinajstić information content (AvgIpc) is 2.58. The second kappa shape index (κ2) is 6.02. The Kier molecular flexibility index (Phi) is 3.95. The third-order valence-corrected chi connectivity index (χ3v) is 5.96. The van der Waals surface area contributed by atoms with Crippen molar-refractivity contribution in [3.8, 4) is 5.75 Å². The number of hydrogen-bond donors (Lipinski definition) is 0. The van der Waals surface area contributed by atoms with Gasteiger partial charge in [-0.2, -0.15) is 0 Å². The van der Waals surface area contributed by atoms with Crippen LogP contribution in [0.5, 0.6) is 5.75 Å². The Labute approximate surface area is 148 Å². The molecule has 25 heavy (non-hydrogen) atoms. The average molecular weight is 343 g/mol. The number of benzene rings is 1. The first-order valence-corrected chi connectivity index (χ1v) is 9.06. The van der Waals surface area contributed by atoms with E-state index in [2.05, 4.69) is 11.9 Å². The van der Waals surface area contributed by atoms with E-state index in [-0.39, 0.29) is 23.9 Å². The molecule has 4 rings (SSSR count). The van der Waals surface area contributed by atoms with E-state index in [4.69, 9.17) is 4.74 Å². The number of piperidine rings is 1. The van der Waals surface area contributed by atoms with E-state index in [0.29, 0.717) is 11.4 Å². The Morgan fingerprint density at radius 3 is 2.56 bits per heavy atom. The van der Waals surface area contributed by atoms with Gasteiger partial charge in [-0.05, 0) is 45.4 Å². The minimum Gasteiger partial charge on any atom is -0.479 e. The van der Waals surface area contributed by atoms with Gasteiger partial charge in [-0.1, -0.05) is 12.1 Å². The fraction of sp³-hybridized carbons (Fsp3) is 0.579. The van der Waals surface area contributed by atoms with Gasteiger partial charge in [0.2, 0.25) is 5.91 Å². The minimum atomic E-state index is -0.559. The fourth-order valence-electron chi connectivity index (χ4n) is 4.23. The Morgan fingerprint density at radius 1 is 1.20 bits per heavy atom. The zero-order valence-electron chi connectivity index (χ0n) is 14.9. The van der Waals surface area contributed by atoms with Gasteiger partial charge >= 0.3 is 0 Å². The molecule has 0 saturated carbocycles. The number of ether oxygens (including phenoxy) is 1. The SMILES string of the molecule is CC1Oc2ccccc2N(CC(=O)N2CCC23CCN(C)CC3)C1=O. The van der Waals surface area contributed by atoms with Crippen LogP contribution in [-0.2, 0) is 9.59 Å². The van der Waals surface area contributed by atoms with Crippen molar-refractivity contribution in [2.75, 3.05) is 38.1 Å². The largest absolute Gasteiger partial charge is 0.479 e. The molecule has 1 atom stereocenters. The van der Waals surface area contributed by atoms with E-state index in [9.17, 15) is 9.59 Å². The first kappa shape index (κ1) is 16.4. The molecule has 6 heteroatoms. The first-order valence-electron chi connectivity index (χ1n) is 9.06. The van der Waals surface area contributed by atoms with Crippen LogP contribution in [0.1, 0.15) is 26.2 Å². The summed E-state index contributed by atoms with van der Waals surface area (Å²) >= 11 is 0. The summed E-state index contributed by atoms with van der Waals surface area (Å²) in [6.45, 7) is 4.69. The van der Waals surface area contributed by atoms with E-state index in [1.165, 1.54) is 0 Å². The number of carbonyl (C=O) groups is 2. The molecular weight excluding hydrogens is 318 g/mol. The lowest BCUT2D eigenvalue weighted by Crippen LogP contribution is -2.67. The van der Waals surface area contributed by atoms with Gasteiger partial charge in [-0.3, -0.25) is 14.5 Å². The molecule has 1 aromatic carbocycles. The van der Waals surface area contributed by atoms with Gasteiger partial charge in [0.15, 0.2) is 6.10 Å². The lowest BCUT2D eigenvalue weighted by atomic mass is 9.76. The molecule has 3 aliphatic rings. The van der Waals surface area contributed by atoms with E-state index < -0.39 is 6.10 Å². The monoisotopic (exact) mass is 343 g/mol. The van der Waals surface area contributed by atoms with E-state index in [1.807, 2.05) is 29.2 Å². The van der Waals surface area contributed by atoms with Crippen molar-refractivity contribution >= 4 is 17.5 Å². The number of hydrogen-bond acceptors (Lipinski definition) is 4. The number of rotatable bonds is 2. The van der Waals surface area contributed by atoms with Crippen molar-refractivity contribution in [2.45, 2.75) is 37.8 Å². The number of amides is 2. The molecule has 3 heterocycles. The summed E-state index contributed by atoms with van der Waals surface area (Å²) in [4.78, 5) is 31.5. The molecule has 3 aliphatic heterocycles. The number of carbonyl (C=O) groups excluding carboxylic acids is 2. The third-order valence-electron chi connectivity index (χ3n) is 5.96. The Bertz CT molecular complexity index is 697. The van der Waals surface area contributed by atoms with Crippen molar-refractivity contribution in [1.29, 1.82) is 0 Å². The lowest BCUT2D eigenvalue weighted by Gasteiger charge is -2.56. The highest BCUT2D eigenvalue weighted by Gasteiger charge is 2.49. The van der Waals surface area contributed by atoms with Crippen molar-refractivity contribution in [3.63, 3.8) is 0 Å². The summed E-state index contributed by atoms with van der Waals surface area (Å²) in [6, 6.07) is 7.43. The van der Waals surface area contributed by atoms with Crippen molar-refractivity contribution in [1.82, 2.24) is 9.80 Å². The Morgan fingerprint density at radius 2 is 1.88 bits per heavy atom. The number of nitrogens with zero attached hydrogens (tertiary/aromatic N) is 3. The smallest absolute Gasteiger partial charge is 0.268 e. The van der Waals surface area contributed by atoms with Gasteiger partial charge in [0.05, 0.1) is 5.69 Å². The maximum atomic E-state index is 13.0. The molecule has 0 N–H and O–H groups in total. The van der Waals surface area contributed by atoms with Crippen LogP contribution in [0.4, 0.5) is 5.69 Å². The van der Waals surface area contributed by atoms with Gasteiger partial charge in [-0.15, -0.1) is 0 Å². The molecule has 0 aromatic heterocycles. The molecule has 134 valence electrons. The highest BCUT2D eigenvalue weighted by atomic mass is 16.5. The second-order valence-corrected chi connectivity index (χ2v) is 7.48. The molecule has 2 fully saturated rings. The molecule has 0 aliphatic carbocycles. The summed E-state index contributed by atoms with van der Waals surface area (Å²) in [5.74, 6) is 0.568. The summed E-state index contributed by atoms with van der Waals surface area (Å²) in [5, 5.41) is 0. The van der Waals surface area contributed by atoms with Crippen LogP contribution in [0, 0.1) is 0 Å². The predicted octanol–water partition coefficient (Wildman–Crippen LogP) is 1.50. The maximum Gasteiger partial charge on any atom is 0.268 e. The van der Waals surface area contributed by atoms with Gasteiger partial charge in [0.1, 0.15) is 12.3 Å². The Balaban J connectivity index is 1.52. The highest BCUT2D eigenvalue weighted by Crippen LogP contribution is 2.40. The minimum absolute atomic E-state index is 0.0179. The van der Waals surface area contributed by atoms with Crippen molar-refractivity contribution in [2.24, 2.45) is 0 Å². The van der Waals surface area contributed by atoms with Gasteiger partial charge in [0.25, 0.3) is 5.91 Å². The van der Waals surface area contributed by atoms with E-state index in [1.54, 1.807) is 11.8 Å². The van der Waals surface area contributed by atoms with E-state index in [0.717, 1.165) is 38.9 Å². The normalized spacial score (nSPS) is 25.4. The molecule has 1 unspecified atom stereocenters. The second-order valence-electron chi connectivity index (χ2n) is 7.48. The van der Waals surface area contributed by atoms with Crippen molar-refractivity contribution in [3.05, 3.63) is 24.3 Å². The van der Waals surface area contributed by atoms with Crippen molar-refractivity contribution < 1.29 is 14.3 Å². The third kappa shape index (κ3) is 2.68. The molecule has 1 aromatic rings. The molecule has 1 spiro atoms. The molecular formula is C19H25N3O3. The molecule has 0 radical (unpaired) electrons. The summed E-state index contributed by atoms with van der Waals surface area (Å²) in [5.41, 5.74) is 0.709. The molecule has 2 amide bonds. The van der Waals surface area contributed by atoms with Crippen LogP contribution in [0.2, 0.25) is 0 Å². The number of likely N-dealkylation sites (tertiary alicyclic amines) is 2. The topological polar surface area (TPSA) is 53.1 Å². The number of para-hydroxylation sites is 2. The highest BCUT2D eigenvalue weighted by molar-refractivity contribution is 6.03. The molecule has 6 nitrogen and oxygen atoms in total. The summed E-state index contributed by atoms with van der Waals surface area (Å²) < 4.78 is 5.66. The van der Waals surface area contributed by atoms with Crippen LogP contribution in [-0.4, -0.2) is 66.5 Å². The van der Waals surface area contributed by atoms with Crippen LogP contribution in [0.3, 0.4) is 0 Å². The maximum absolute atomic E-state index is 13.0. The van der Waals surface area contributed by atoms with Crippen LogP contribution < -0.4 is 9.64 Å². The molecule has 0 bridgehead atoms. The van der Waals surface area contributed by atoms with Crippen LogP contribution in [0.25, 0.3) is 0 Å². The molecule has 2 saturated heterocycles.